The maximum absolute atomic E-state index is 12.7. The average Bonchev–Trinajstić information content (AvgIpc) is 2.33. The molecule has 100 valence electrons. The summed E-state index contributed by atoms with van der Waals surface area (Å²) >= 11 is 5.75. The fraction of sp³-hybridized carbons (Fsp3) is 0.0909. The number of hydrogen-bond donors (Lipinski definition) is 1. The number of aromatic amines is 1. The fourth-order valence-corrected chi connectivity index (χ4v) is 1.50. The van der Waals surface area contributed by atoms with Crippen molar-refractivity contribution in [1.29, 1.82) is 0 Å². The number of nitrogens with zero attached hydrogens (tertiary/aromatic N) is 1. The predicted octanol–water partition coefficient (Wildman–Crippen LogP) is 3.23. The second kappa shape index (κ2) is 4.93. The van der Waals surface area contributed by atoms with Gasteiger partial charge in [0.15, 0.2) is 5.69 Å². The highest BCUT2D eigenvalue weighted by atomic mass is 35.5. The normalized spacial score (nSPS) is 11.4. The lowest BCUT2D eigenvalue weighted by Gasteiger charge is -2.11. The first-order valence-electron chi connectivity index (χ1n) is 4.97. The average molecular weight is 291 g/mol. The van der Waals surface area contributed by atoms with Gasteiger partial charge in [-0.1, -0.05) is 23.7 Å². The molecule has 0 radical (unpaired) electrons. The zero-order valence-electron chi connectivity index (χ0n) is 9.16. The molecule has 0 saturated carbocycles. The number of H-pyrrole nitrogens is 1. The summed E-state index contributed by atoms with van der Waals surface area (Å²) in [7, 11) is 0. The van der Waals surface area contributed by atoms with E-state index in [0.717, 1.165) is 0 Å². The Hall–Kier alpha value is -2.02. The Labute approximate surface area is 109 Å². The van der Waals surface area contributed by atoms with Crippen molar-refractivity contribution in [2.24, 2.45) is 0 Å². The molecule has 1 N–H and O–H groups in total. The van der Waals surface area contributed by atoms with Gasteiger partial charge in [-0.15, -0.1) is 0 Å². The smallest absolute Gasteiger partial charge is 0.437 e. The quantitative estimate of drug-likeness (QED) is 0.924. The number of halogens is 4. The number of ether oxygens (including phenoxy) is 1. The summed E-state index contributed by atoms with van der Waals surface area (Å²) in [6.07, 6.45) is -4.14. The lowest BCUT2D eigenvalue weighted by atomic mass is 10.3. The van der Waals surface area contributed by atoms with Gasteiger partial charge in [0.05, 0.1) is 11.3 Å². The Kier molecular flexibility index (Phi) is 3.48. The number of hydrogen-bond acceptors (Lipinski definition) is 3. The van der Waals surface area contributed by atoms with Gasteiger partial charge >= 0.3 is 6.18 Å². The minimum absolute atomic E-state index is 0.0619. The first kappa shape index (κ1) is 13.4. The molecule has 0 aliphatic carbocycles. The lowest BCUT2D eigenvalue weighted by Crippen LogP contribution is -2.18. The van der Waals surface area contributed by atoms with E-state index in [4.69, 9.17) is 16.3 Å². The van der Waals surface area contributed by atoms with E-state index in [-0.39, 0.29) is 10.8 Å². The molecule has 0 saturated heterocycles. The van der Waals surface area contributed by atoms with Crippen molar-refractivity contribution in [2.75, 3.05) is 0 Å². The van der Waals surface area contributed by atoms with Crippen LogP contribution in [-0.4, -0.2) is 9.97 Å². The minimum atomic E-state index is -4.80. The maximum atomic E-state index is 12.7. The molecule has 8 heteroatoms. The predicted molar refractivity (Wildman–Crippen MR) is 61.4 cm³/mol. The van der Waals surface area contributed by atoms with Crippen LogP contribution in [0.1, 0.15) is 5.69 Å². The van der Waals surface area contributed by atoms with Crippen molar-refractivity contribution in [3.05, 3.63) is 51.7 Å². The van der Waals surface area contributed by atoms with Crippen LogP contribution in [0.15, 0.2) is 35.4 Å². The molecule has 19 heavy (non-hydrogen) atoms. The molecule has 2 rings (SSSR count). The van der Waals surface area contributed by atoms with Crippen molar-refractivity contribution < 1.29 is 17.9 Å². The second-order valence-corrected chi connectivity index (χ2v) is 3.85. The van der Waals surface area contributed by atoms with Crippen LogP contribution >= 0.6 is 11.6 Å². The van der Waals surface area contributed by atoms with Crippen LogP contribution in [0, 0.1) is 0 Å². The van der Waals surface area contributed by atoms with E-state index in [9.17, 15) is 18.0 Å². The van der Waals surface area contributed by atoms with Gasteiger partial charge in [-0.3, -0.25) is 4.79 Å². The van der Waals surface area contributed by atoms with E-state index in [1.807, 2.05) is 4.98 Å². The molecule has 1 aromatic carbocycles. The van der Waals surface area contributed by atoms with E-state index in [1.54, 1.807) is 6.07 Å². The number of aromatic nitrogens is 2. The molecule has 0 atom stereocenters. The molecule has 0 bridgehead atoms. The summed E-state index contributed by atoms with van der Waals surface area (Å²) in [5.74, 6) is -1.00. The van der Waals surface area contributed by atoms with Crippen LogP contribution in [-0.2, 0) is 6.18 Å². The van der Waals surface area contributed by atoms with Crippen molar-refractivity contribution >= 4 is 11.6 Å². The lowest BCUT2D eigenvalue weighted by molar-refractivity contribution is -0.142. The number of rotatable bonds is 2. The van der Waals surface area contributed by atoms with Gasteiger partial charge < -0.3 is 9.72 Å². The molecule has 0 fully saturated rings. The summed E-state index contributed by atoms with van der Waals surface area (Å²) in [6, 6.07) is 5.86. The zero-order chi connectivity index (χ0) is 14.0. The van der Waals surface area contributed by atoms with Gasteiger partial charge in [0.2, 0.25) is 5.75 Å². The van der Waals surface area contributed by atoms with Gasteiger partial charge in [0.1, 0.15) is 5.75 Å². The highest BCUT2D eigenvalue weighted by Gasteiger charge is 2.38. The molecule has 1 aromatic heterocycles. The third-order valence-electron chi connectivity index (χ3n) is 2.13. The molecule has 2 aromatic rings. The summed E-state index contributed by atoms with van der Waals surface area (Å²) in [5.41, 5.74) is -2.45. The van der Waals surface area contributed by atoms with Gasteiger partial charge in [0.25, 0.3) is 5.56 Å². The largest absolute Gasteiger partial charge is 0.448 e. The van der Waals surface area contributed by atoms with Crippen LogP contribution < -0.4 is 10.3 Å². The van der Waals surface area contributed by atoms with E-state index < -0.39 is 23.2 Å². The molecule has 4 nitrogen and oxygen atoms in total. The van der Waals surface area contributed by atoms with Crippen LogP contribution in [0.5, 0.6) is 11.5 Å². The van der Waals surface area contributed by atoms with Crippen molar-refractivity contribution in [1.82, 2.24) is 9.97 Å². The van der Waals surface area contributed by atoms with Crippen LogP contribution in [0.25, 0.3) is 0 Å². The van der Waals surface area contributed by atoms with Crippen molar-refractivity contribution in [2.45, 2.75) is 6.18 Å². The first-order valence-corrected chi connectivity index (χ1v) is 5.34. The Morgan fingerprint density at radius 3 is 2.58 bits per heavy atom. The summed E-state index contributed by atoms with van der Waals surface area (Å²) < 4.78 is 43.0. The van der Waals surface area contributed by atoms with Crippen LogP contribution in [0.3, 0.4) is 0 Å². The number of benzene rings is 1. The van der Waals surface area contributed by atoms with Crippen molar-refractivity contribution in [3.63, 3.8) is 0 Å². The number of nitrogens with one attached hydrogen (secondary N) is 1. The highest BCUT2D eigenvalue weighted by molar-refractivity contribution is 6.32. The van der Waals surface area contributed by atoms with Gasteiger partial charge in [-0.2, -0.15) is 13.2 Å². The minimum Gasteiger partial charge on any atom is -0.448 e. The van der Waals surface area contributed by atoms with Crippen LogP contribution in [0.4, 0.5) is 13.2 Å². The third-order valence-corrected chi connectivity index (χ3v) is 2.44. The molecule has 0 amide bonds. The maximum Gasteiger partial charge on any atom is 0.437 e. The van der Waals surface area contributed by atoms with E-state index >= 15 is 0 Å². The highest BCUT2D eigenvalue weighted by Crippen LogP contribution is 2.35. The van der Waals surface area contributed by atoms with Gasteiger partial charge in [-0.05, 0) is 12.1 Å². The summed E-state index contributed by atoms with van der Waals surface area (Å²) in [4.78, 5) is 16.5. The third kappa shape index (κ3) is 2.87. The number of alkyl halides is 3. The van der Waals surface area contributed by atoms with E-state index in [1.165, 1.54) is 18.2 Å². The van der Waals surface area contributed by atoms with E-state index in [0.29, 0.717) is 6.33 Å². The van der Waals surface area contributed by atoms with Crippen LogP contribution in [0.2, 0.25) is 5.02 Å². The van der Waals surface area contributed by atoms with Gasteiger partial charge in [0, 0.05) is 0 Å². The Balaban J connectivity index is 2.52. The molecule has 0 unspecified atom stereocenters. The van der Waals surface area contributed by atoms with Crippen molar-refractivity contribution in [3.8, 4) is 11.5 Å². The molecule has 0 spiro atoms. The Morgan fingerprint density at radius 1 is 1.26 bits per heavy atom. The molecule has 1 heterocycles. The SMILES string of the molecule is O=c1[nH]cnc(C(F)(F)F)c1Oc1ccccc1Cl. The first-order chi connectivity index (χ1) is 8.89. The standard InChI is InChI=1S/C11H6ClF3N2O2/c12-6-3-1-2-4-7(6)19-8-9(11(13,14)15)16-5-17-10(8)18/h1-5H,(H,16,17,18). The molecular weight excluding hydrogens is 285 g/mol. The Bertz CT molecular complexity index is 655. The van der Waals surface area contributed by atoms with Gasteiger partial charge in [-0.25, -0.2) is 4.98 Å². The Morgan fingerprint density at radius 2 is 1.95 bits per heavy atom. The summed E-state index contributed by atoms with van der Waals surface area (Å²) in [6.45, 7) is 0. The second-order valence-electron chi connectivity index (χ2n) is 3.44. The monoisotopic (exact) mass is 290 g/mol. The zero-order valence-corrected chi connectivity index (χ0v) is 9.92. The topological polar surface area (TPSA) is 55.0 Å². The molecular formula is C11H6ClF3N2O2. The van der Waals surface area contributed by atoms with E-state index in [2.05, 4.69) is 4.98 Å². The molecule has 0 aliphatic heterocycles. The number of para-hydroxylation sites is 1. The molecule has 0 aliphatic rings. The fourth-order valence-electron chi connectivity index (χ4n) is 1.32. The summed E-state index contributed by atoms with van der Waals surface area (Å²) in [5, 5.41) is 0.0823.